The topological polar surface area (TPSA) is 41.9 Å². The first-order chi connectivity index (χ1) is 17.5. The molecule has 37 heavy (non-hydrogen) atoms. The summed E-state index contributed by atoms with van der Waals surface area (Å²) in [4.78, 5) is 2.31. The van der Waals surface area contributed by atoms with Crippen molar-refractivity contribution in [3.05, 3.63) is 22.3 Å². The summed E-state index contributed by atoms with van der Waals surface area (Å²) < 4.78 is 12.6. The highest BCUT2D eigenvalue weighted by molar-refractivity contribution is 5.60. The van der Waals surface area contributed by atoms with Gasteiger partial charge in [0.2, 0.25) is 0 Å². The number of nitrogens with zero attached hydrogens (tertiary/aromatic N) is 1. The van der Waals surface area contributed by atoms with Gasteiger partial charge in [0.15, 0.2) is 0 Å². The molecule has 4 unspecified atom stereocenters. The second kappa shape index (κ2) is 13.7. The summed E-state index contributed by atoms with van der Waals surface area (Å²) in [5, 5.41) is 11.2. The van der Waals surface area contributed by atoms with E-state index in [0.717, 1.165) is 72.6 Å². The van der Waals surface area contributed by atoms with Crippen LogP contribution in [-0.2, 0) is 11.2 Å². The number of fused-ring (bicyclic) bond motifs is 1. The van der Waals surface area contributed by atoms with Crippen LogP contribution in [0.5, 0.6) is 11.5 Å². The molecule has 2 heterocycles. The van der Waals surface area contributed by atoms with E-state index in [-0.39, 0.29) is 11.6 Å². The first-order valence-corrected chi connectivity index (χ1v) is 15.3. The third-order valence-electron chi connectivity index (χ3n) is 9.37. The van der Waals surface area contributed by atoms with Crippen molar-refractivity contribution < 1.29 is 14.6 Å². The normalized spacial score (nSPS) is 24.1. The average molecular weight is 516 g/mol. The predicted octanol–water partition coefficient (Wildman–Crippen LogP) is 8.53. The zero-order valence-electron chi connectivity index (χ0n) is 25.4. The smallest absolute Gasteiger partial charge is 0.127 e. The molecule has 0 spiro atoms. The van der Waals surface area contributed by atoms with Gasteiger partial charge in [0, 0.05) is 17.7 Å². The minimum Gasteiger partial charge on any atom is -0.507 e. The highest BCUT2D eigenvalue weighted by atomic mass is 16.5. The Morgan fingerprint density at radius 3 is 2.19 bits per heavy atom. The lowest BCUT2D eigenvalue weighted by Gasteiger charge is -2.41. The minimum atomic E-state index is -0.127. The van der Waals surface area contributed by atoms with E-state index in [1.165, 1.54) is 56.9 Å². The monoisotopic (exact) mass is 515 g/mol. The molecular weight excluding hydrogens is 458 g/mol. The molecule has 4 nitrogen and oxygen atoms in total. The summed E-state index contributed by atoms with van der Waals surface area (Å²) in [6, 6.07) is 0.0912. The number of phenolic OH excluding ortho intramolecular Hbond substituents is 1. The van der Waals surface area contributed by atoms with Crippen LogP contribution in [0.25, 0.3) is 0 Å². The first-order valence-electron chi connectivity index (χ1n) is 15.3. The van der Waals surface area contributed by atoms with Gasteiger partial charge in [-0.3, -0.25) is 4.90 Å². The molecule has 0 saturated carbocycles. The summed E-state index contributed by atoms with van der Waals surface area (Å²) in [5.74, 6) is 3.96. The number of ether oxygens (including phenoxy) is 2. The Hall–Kier alpha value is -1.26. The van der Waals surface area contributed by atoms with E-state index in [1.807, 2.05) is 6.92 Å². The van der Waals surface area contributed by atoms with Gasteiger partial charge < -0.3 is 14.6 Å². The molecule has 3 rings (SSSR count). The molecule has 2 aliphatic heterocycles. The predicted molar refractivity (Wildman–Crippen MR) is 156 cm³/mol. The molecule has 1 saturated heterocycles. The molecule has 4 heteroatoms. The third-order valence-corrected chi connectivity index (χ3v) is 9.37. The van der Waals surface area contributed by atoms with Gasteiger partial charge in [-0.05, 0) is 82.4 Å². The number of rotatable bonds is 13. The van der Waals surface area contributed by atoms with Gasteiger partial charge in [-0.2, -0.15) is 0 Å². The zero-order valence-corrected chi connectivity index (χ0v) is 25.4. The molecule has 4 atom stereocenters. The van der Waals surface area contributed by atoms with Crippen molar-refractivity contribution in [2.24, 2.45) is 17.8 Å². The van der Waals surface area contributed by atoms with E-state index in [9.17, 15) is 5.11 Å². The molecule has 1 fully saturated rings. The standard InChI is InChI=1S/C33H57NO3/c1-23(2)12-9-13-24(3)14-10-15-25(4)16-11-18-33(7)19-17-28-30(29-22-36-21-20-34(29)8)31(35)26(5)27(6)32(28)37-33/h23-25,29,35H,9-22H2,1-8H3. The molecular formula is C33H57NO3. The van der Waals surface area contributed by atoms with Crippen LogP contribution in [0.15, 0.2) is 0 Å². The van der Waals surface area contributed by atoms with E-state index in [1.54, 1.807) is 0 Å². The second-order valence-corrected chi connectivity index (χ2v) is 13.3. The van der Waals surface area contributed by atoms with Crippen LogP contribution in [0.3, 0.4) is 0 Å². The van der Waals surface area contributed by atoms with E-state index in [4.69, 9.17) is 9.47 Å². The summed E-state index contributed by atoms with van der Waals surface area (Å²) in [7, 11) is 2.14. The number of phenols is 1. The molecule has 1 aromatic rings. The van der Waals surface area contributed by atoms with Crippen LogP contribution in [0.2, 0.25) is 0 Å². The fraction of sp³-hybridized carbons (Fsp3) is 0.818. The van der Waals surface area contributed by atoms with Gasteiger partial charge in [-0.25, -0.2) is 0 Å². The largest absolute Gasteiger partial charge is 0.507 e. The van der Waals surface area contributed by atoms with Crippen LogP contribution in [-0.4, -0.2) is 42.4 Å². The highest BCUT2D eigenvalue weighted by Crippen LogP contribution is 2.48. The number of morpholine rings is 1. The van der Waals surface area contributed by atoms with E-state index >= 15 is 0 Å². The summed E-state index contributed by atoms with van der Waals surface area (Å²) >= 11 is 0. The van der Waals surface area contributed by atoms with Crippen molar-refractivity contribution >= 4 is 0 Å². The number of hydrogen-bond donors (Lipinski definition) is 1. The molecule has 0 bridgehead atoms. The Kier molecular flexibility index (Phi) is 11.2. The summed E-state index contributed by atoms with van der Waals surface area (Å²) in [6.45, 7) is 18.3. The Bertz CT molecular complexity index is 866. The fourth-order valence-corrected chi connectivity index (χ4v) is 6.44. The third kappa shape index (κ3) is 8.12. The van der Waals surface area contributed by atoms with Gasteiger partial charge in [0.05, 0.1) is 19.3 Å². The molecule has 0 aliphatic carbocycles. The maximum Gasteiger partial charge on any atom is 0.127 e. The molecule has 1 aromatic carbocycles. The molecule has 2 aliphatic rings. The lowest BCUT2D eigenvalue weighted by Crippen LogP contribution is -2.40. The lowest BCUT2D eigenvalue weighted by atomic mass is 9.82. The minimum absolute atomic E-state index is 0.0912. The molecule has 0 amide bonds. The van der Waals surface area contributed by atoms with Crippen molar-refractivity contribution in [1.29, 1.82) is 0 Å². The van der Waals surface area contributed by atoms with Crippen LogP contribution >= 0.6 is 0 Å². The Morgan fingerprint density at radius 1 is 0.946 bits per heavy atom. The van der Waals surface area contributed by atoms with Crippen LogP contribution < -0.4 is 4.74 Å². The maximum atomic E-state index is 11.2. The van der Waals surface area contributed by atoms with Gasteiger partial charge in [-0.15, -0.1) is 0 Å². The van der Waals surface area contributed by atoms with Crippen molar-refractivity contribution in [2.45, 2.75) is 131 Å². The quantitative estimate of drug-likeness (QED) is 0.286. The van der Waals surface area contributed by atoms with Gasteiger partial charge in [-0.1, -0.05) is 72.6 Å². The fourth-order valence-electron chi connectivity index (χ4n) is 6.44. The second-order valence-electron chi connectivity index (χ2n) is 13.3. The number of hydrogen-bond acceptors (Lipinski definition) is 4. The Balaban J connectivity index is 1.53. The first kappa shape index (κ1) is 30.3. The SMILES string of the molecule is Cc1c(C)c2c(c(C3COCCN3C)c1O)CCC(C)(CCCC(C)CCCC(C)CCCC(C)C)O2. The van der Waals surface area contributed by atoms with Gasteiger partial charge >= 0.3 is 0 Å². The van der Waals surface area contributed by atoms with Crippen LogP contribution in [0, 0.1) is 31.6 Å². The number of likely N-dealkylation sites (N-methyl/N-ethyl adjacent to an activating group) is 1. The van der Waals surface area contributed by atoms with Crippen molar-refractivity contribution in [3.63, 3.8) is 0 Å². The molecule has 1 N–H and O–H groups in total. The number of aromatic hydroxyl groups is 1. The van der Waals surface area contributed by atoms with Crippen molar-refractivity contribution in [3.8, 4) is 11.5 Å². The lowest BCUT2D eigenvalue weighted by molar-refractivity contribution is 0.00253. The van der Waals surface area contributed by atoms with Gasteiger partial charge in [0.1, 0.15) is 17.1 Å². The summed E-state index contributed by atoms with van der Waals surface area (Å²) in [5.41, 5.74) is 4.16. The summed E-state index contributed by atoms with van der Waals surface area (Å²) in [6.07, 6.45) is 13.8. The van der Waals surface area contributed by atoms with Crippen LogP contribution in [0.1, 0.15) is 127 Å². The van der Waals surface area contributed by atoms with Gasteiger partial charge in [0.25, 0.3) is 0 Å². The van der Waals surface area contributed by atoms with Crippen molar-refractivity contribution in [1.82, 2.24) is 4.90 Å². The Morgan fingerprint density at radius 2 is 1.57 bits per heavy atom. The van der Waals surface area contributed by atoms with Crippen molar-refractivity contribution in [2.75, 3.05) is 26.8 Å². The molecule has 0 aromatic heterocycles. The highest BCUT2D eigenvalue weighted by Gasteiger charge is 2.37. The average Bonchev–Trinajstić information content (AvgIpc) is 2.84. The van der Waals surface area contributed by atoms with E-state index in [0.29, 0.717) is 12.4 Å². The van der Waals surface area contributed by atoms with Crippen LogP contribution in [0.4, 0.5) is 0 Å². The molecule has 212 valence electrons. The molecule has 0 radical (unpaired) electrons. The van der Waals surface area contributed by atoms with E-state index < -0.39 is 0 Å². The Labute approximate surface area is 228 Å². The van der Waals surface area contributed by atoms with E-state index in [2.05, 4.69) is 53.5 Å². The maximum absolute atomic E-state index is 11.2. The zero-order chi connectivity index (χ0) is 27.2. The number of benzene rings is 1.